The zero-order valence-electron chi connectivity index (χ0n) is 5.97. The van der Waals surface area contributed by atoms with Crippen LogP contribution in [0.15, 0.2) is 0 Å². The fraction of sp³-hybridized carbons (Fsp3) is 1.00. The average molecular weight is 180 g/mol. The van der Waals surface area contributed by atoms with Gasteiger partial charge < -0.3 is 0 Å². The van der Waals surface area contributed by atoms with Crippen LogP contribution in [0.5, 0.6) is 0 Å². The molecule has 0 saturated carbocycles. The normalized spacial score (nSPS) is 58.6. The van der Waals surface area contributed by atoms with Gasteiger partial charge in [0.05, 0.1) is 0 Å². The van der Waals surface area contributed by atoms with E-state index >= 15 is 0 Å². The van der Waals surface area contributed by atoms with Gasteiger partial charge in [-0.05, 0) is 0 Å². The molecule has 0 aliphatic carbocycles. The van der Waals surface area contributed by atoms with Crippen molar-refractivity contribution in [3.05, 3.63) is 0 Å². The molecule has 3 rings (SSSR count). The molecule has 0 bridgehead atoms. The predicted octanol–water partition coefficient (Wildman–Crippen LogP) is 1.67. The first-order valence-corrected chi connectivity index (χ1v) is 10.4. The van der Waals surface area contributed by atoms with Crippen LogP contribution in [-0.4, -0.2) is 13.2 Å². The van der Waals surface area contributed by atoms with Crippen LogP contribution in [0.25, 0.3) is 0 Å². The maximum atomic E-state index is 12.6. The number of rotatable bonds is 0. The fourth-order valence-electron chi connectivity index (χ4n) is 2.61. The summed E-state index contributed by atoms with van der Waals surface area (Å²) in [6, 6.07) is 0. The van der Waals surface area contributed by atoms with Gasteiger partial charge in [0.2, 0.25) is 0 Å². The molecule has 3 fully saturated rings. The standard InChI is InChI=1S/C2H4O2.2C2H4.O.Ti/c3-1-2-4;2*1-2;;/h1-2H2;2*1-2H2;;/q-2;;;;+2. The van der Waals surface area contributed by atoms with Crippen molar-refractivity contribution in [1.29, 1.82) is 0 Å². The predicted molar refractivity (Wildman–Crippen MR) is 31.8 cm³/mol. The van der Waals surface area contributed by atoms with E-state index in [2.05, 4.69) is 0 Å². The Morgan fingerprint density at radius 3 is 1.50 bits per heavy atom. The molecule has 4 heteroatoms. The Morgan fingerprint density at radius 1 is 0.900 bits per heavy atom. The van der Waals surface area contributed by atoms with Crippen molar-refractivity contribution in [2.45, 2.75) is 18.9 Å². The van der Waals surface area contributed by atoms with E-state index in [0.29, 0.717) is 13.2 Å². The Balaban J connectivity index is 2.42. The van der Waals surface area contributed by atoms with E-state index in [9.17, 15) is 3.32 Å². The summed E-state index contributed by atoms with van der Waals surface area (Å²) in [6.45, 7) is 1.14. The second-order valence-corrected chi connectivity index (χ2v) is 20.1. The molecule has 1 spiro atoms. The van der Waals surface area contributed by atoms with E-state index in [1.54, 1.807) is 0 Å². The molecule has 58 valence electrons. The molecule has 0 unspecified atom stereocenters. The van der Waals surface area contributed by atoms with Crippen LogP contribution >= 0.6 is 0 Å². The van der Waals surface area contributed by atoms with E-state index in [1.165, 1.54) is 0 Å². The Morgan fingerprint density at radius 2 is 1.30 bits per heavy atom. The van der Waals surface area contributed by atoms with Crippen molar-refractivity contribution in [2.24, 2.45) is 0 Å². The SMILES string of the molecule is [O]=[Ti]123([CH2][CH2]1)([CH2][CH2]2)[O]CC[O]3. The summed E-state index contributed by atoms with van der Waals surface area (Å²) in [6.07, 6.45) is 0. The van der Waals surface area contributed by atoms with Gasteiger partial charge in [0.1, 0.15) is 0 Å². The van der Waals surface area contributed by atoms with Crippen LogP contribution in [0.3, 0.4) is 0 Å². The van der Waals surface area contributed by atoms with Gasteiger partial charge in [0.25, 0.3) is 0 Å². The minimum atomic E-state index is -4.48. The third-order valence-corrected chi connectivity index (χ3v) is 18.2. The van der Waals surface area contributed by atoms with Gasteiger partial charge in [-0.15, -0.1) is 0 Å². The van der Waals surface area contributed by atoms with Crippen molar-refractivity contribution < 1.29 is 23.4 Å². The molecule has 3 aliphatic heterocycles. The topological polar surface area (TPSA) is 35.5 Å². The van der Waals surface area contributed by atoms with Crippen LogP contribution in [-0.2, 0) is 23.4 Å². The van der Waals surface area contributed by atoms with Crippen molar-refractivity contribution in [3.63, 3.8) is 0 Å². The first kappa shape index (κ1) is 6.01. The average Bonchev–Trinajstić information content (AvgIpc) is 2.66. The van der Waals surface area contributed by atoms with Crippen LogP contribution < -0.4 is 0 Å². The Bertz CT molecular complexity index is 302. The first-order chi connectivity index (χ1) is 4.48. The summed E-state index contributed by atoms with van der Waals surface area (Å²) in [5.41, 5.74) is 0. The van der Waals surface area contributed by atoms with Crippen molar-refractivity contribution in [3.8, 4) is 0 Å². The Kier molecular flexibility index (Phi) is 0.465. The van der Waals surface area contributed by atoms with E-state index in [4.69, 9.17) is 6.64 Å². The van der Waals surface area contributed by atoms with Crippen molar-refractivity contribution in [1.82, 2.24) is 0 Å². The van der Waals surface area contributed by atoms with Crippen LogP contribution in [0.4, 0.5) is 0 Å². The van der Waals surface area contributed by atoms with Gasteiger partial charge in [0, 0.05) is 0 Å². The molecule has 0 amide bonds. The molecule has 0 atom stereocenters. The van der Waals surface area contributed by atoms with Gasteiger partial charge in [0.15, 0.2) is 0 Å². The second-order valence-electron chi connectivity index (χ2n) is 5.18. The zero-order valence-corrected chi connectivity index (χ0v) is 7.53. The van der Waals surface area contributed by atoms with Crippen LogP contribution in [0, 0.1) is 0 Å². The molecule has 3 heterocycles. The van der Waals surface area contributed by atoms with Crippen molar-refractivity contribution in [2.75, 3.05) is 13.2 Å². The maximum absolute atomic E-state index is 12.6. The molecule has 0 aromatic carbocycles. The second kappa shape index (κ2) is 0.775. The van der Waals surface area contributed by atoms with Gasteiger partial charge >= 0.3 is 55.6 Å². The summed E-state index contributed by atoms with van der Waals surface area (Å²) in [7, 11) is 0. The number of hydrogen-bond acceptors (Lipinski definition) is 3. The molecular formula is C6H12O3Ti. The quantitative estimate of drug-likeness (QED) is 0.532. The van der Waals surface area contributed by atoms with Gasteiger partial charge in [-0.25, -0.2) is 0 Å². The van der Waals surface area contributed by atoms with Gasteiger partial charge in [-0.1, -0.05) is 0 Å². The van der Waals surface area contributed by atoms with Gasteiger partial charge in [-0.3, -0.25) is 0 Å². The summed E-state index contributed by atoms with van der Waals surface area (Å²) in [5, 5.41) is 0. The summed E-state index contributed by atoms with van der Waals surface area (Å²) in [4.78, 5) is 0. The Labute approximate surface area is 55.9 Å². The zero-order chi connectivity index (χ0) is 7.03. The molecule has 0 aromatic rings. The molecule has 3 aliphatic rings. The molecule has 0 N–H and O–H groups in total. The van der Waals surface area contributed by atoms with E-state index in [-0.39, 0.29) is 0 Å². The summed E-state index contributed by atoms with van der Waals surface area (Å²) >= 11 is -4.48. The van der Waals surface area contributed by atoms with E-state index in [1.807, 2.05) is 0 Å². The molecule has 3 nitrogen and oxygen atoms in total. The number of hydrogen-bond donors (Lipinski definition) is 0. The summed E-state index contributed by atoms with van der Waals surface area (Å²) in [5.74, 6) is 0. The van der Waals surface area contributed by atoms with Crippen LogP contribution in [0.1, 0.15) is 0 Å². The molecule has 0 radical (unpaired) electrons. The van der Waals surface area contributed by atoms with E-state index in [0.717, 1.165) is 18.9 Å². The van der Waals surface area contributed by atoms with Crippen molar-refractivity contribution >= 4 is 0 Å². The first-order valence-electron chi connectivity index (χ1n) is 4.10. The van der Waals surface area contributed by atoms with E-state index < -0.39 is 13.5 Å². The van der Waals surface area contributed by atoms with Gasteiger partial charge in [-0.2, -0.15) is 0 Å². The third-order valence-electron chi connectivity index (χ3n) is 4.48. The molecule has 10 heavy (non-hydrogen) atoms. The monoisotopic (exact) mass is 180 g/mol. The molecule has 0 aromatic heterocycles. The van der Waals surface area contributed by atoms with Crippen LogP contribution in [0.2, 0.25) is 18.9 Å². The summed E-state index contributed by atoms with van der Waals surface area (Å²) < 4.78 is 26.6. The fourth-order valence-corrected chi connectivity index (χ4v) is 19.2. The Hall–Kier alpha value is 0.434. The third kappa shape index (κ3) is 0.333. The molecule has 3 saturated heterocycles. The minimum absolute atomic E-state index is 0.569. The molecular weight excluding hydrogens is 168 g/mol.